The molecule has 3 nitrogen and oxygen atoms in total. The van der Waals surface area contributed by atoms with E-state index in [4.69, 9.17) is 9.15 Å². The number of rotatable bonds is 1. The minimum Gasteiger partial charge on any atom is -0.493 e. The Hall–Kier alpha value is -1.81. The van der Waals surface area contributed by atoms with Gasteiger partial charge in [-0.2, -0.15) is 0 Å². The number of methoxy groups -OCH3 is 1. The maximum absolute atomic E-state index is 11.7. The fraction of sp³-hybridized carbons (Fsp3) is 0.0833. The zero-order chi connectivity index (χ0) is 11.1. The van der Waals surface area contributed by atoms with E-state index in [1.54, 1.807) is 19.2 Å². The van der Waals surface area contributed by atoms with Gasteiger partial charge >= 0.3 is 5.63 Å². The third-order valence-corrected chi connectivity index (χ3v) is 3.47. The summed E-state index contributed by atoms with van der Waals surface area (Å²) in [6, 6.07) is 7.38. The smallest absolute Gasteiger partial charge is 0.345 e. The van der Waals surface area contributed by atoms with Crippen LogP contribution in [0.2, 0.25) is 0 Å². The largest absolute Gasteiger partial charge is 0.493 e. The number of benzene rings is 1. The van der Waals surface area contributed by atoms with Gasteiger partial charge in [0.25, 0.3) is 0 Å². The van der Waals surface area contributed by atoms with Gasteiger partial charge in [-0.1, -0.05) is 6.07 Å². The Kier molecular flexibility index (Phi) is 1.97. The molecule has 2 heterocycles. The number of thiophene rings is 1. The molecule has 2 aromatic heterocycles. The molecule has 0 amide bonds. The highest BCUT2D eigenvalue weighted by molar-refractivity contribution is 7.18. The van der Waals surface area contributed by atoms with E-state index in [-0.39, 0.29) is 5.63 Å². The van der Waals surface area contributed by atoms with Gasteiger partial charge in [0.05, 0.1) is 17.2 Å². The van der Waals surface area contributed by atoms with Crippen LogP contribution < -0.4 is 10.4 Å². The zero-order valence-electron chi connectivity index (χ0n) is 8.52. The molecule has 0 aliphatic rings. The molecule has 0 saturated carbocycles. The number of hydrogen-bond donors (Lipinski definition) is 0. The van der Waals surface area contributed by atoms with Crippen LogP contribution in [0.1, 0.15) is 0 Å². The molecule has 0 unspecified atom stereocenters. The second-order valence-electron chi connectivity index (χ2n) is 3.39. The van der Waals surface area contributed by atoms with Crippen LogP contribution in [-0.4, -0.2) is 7.11 Å². The average Bonchev–Trinajstić information content (AvgIpc) is 2.78. The van der Waals surface area contributed by atoms with Crippen molar-refractivity contribution in [2.75, 3.05) is 7.11 Å². The molecule has 0 saturated heterocycles. The molecule has 0 fully saturated rings. The predicted molar refractivity (Wildman–Crippen MR) is 64.4 cm³/mol. The van der Waals surface area contributed by atoms with Crippen LogP contribution >= 0.6 is 11.3 Å². The zero-order valence-corrected chi connectivity index (χ0v) is 9.34. The van der Waals surface area contributed by atoms with E-state index in [1.807, 2.05) is 17.5 Å². The molecular formula is C12H8O3S. The van der Waals surface area contributed by atoms with Crippen molar-refractivity contribution >= 4 is 32.4 Å². The summed E-state index contributed by atoms with van der Waals surface area (Å²) in [4.78, 5) is 11.7. The van der Waals surface area contributed by atoms with E-state index in [2.05, 4.69) is 0 Å². The molecule has 0 aliphatic carbocycles. The summed E-state index contributed by atoms with van der Waals surface area (Å²) in [5.74, 6) is 0.588. The second kappa shape index (κ2) is 3.35. The first-order valence-corrected chi connectivity index (χ1v) is 5.66. The van der Waals surface area contributed by atoms with Crippen molar-refractivity contribution in [2.45, 2.75) is 0 Å². The molecule has 0 N–H and O–H groups in total. The molecule has 3 aromatic rings. The topological polar surface area (TPSA) is 39.4 Å². The van der Waals surface area contributed by atoms with E-state index >= 15 is 0 Å². The van der Waals surface area contributed by atoms with Gasteiger partial charge in [0.15, 0.2) is 11.3 Å². The Morgan fingerprint density at radius 1 is 1.25 bits per heavy atom. The van der Waals surface area contributed by atoms with Crippen LogP contribution in [0.25, 0.3) is 21.1 Å². The molecule has 4 heteroatoms. The van der Waals surface area contributed by atoms with Crippen molar-refractivity contribution in [1.82, 2.24) is 0 Å². The standard InChI is InChI=1S/C12H8O3S/c1-14-9-4-2-3-7-10(9)15-12(13)8-5-6-16-11(7)8/h2-6H,1H3. The highest BCUT2D eigenvalue weighted by Gasteiger charge is 2.11. The van der Waals surface area contributed by atoms with E-state index in [1.165, 1.54) is 11.3 Å². The fourth-order valence-electron chi connectivity index (χ4n) is 1.79. The summed E-state index contributed by atoms with van der Waals surface area (Å²) >= 11 is 1.53. The molecule has 0 atom stereocenters. The lowest BCUT2D eigenvalue weighted by Crippen LogP contribution is -1.98. The summed E-state index contributed by atoms with van der Waals surface area (Å²) < 4.78 is 11.4. The Morgan fingerprint density at radius 2 is 2.12 bits per heavy atom. The summed E-state index contributed by atoms with van der Waals surface area (Å²) in [6.07, 6.45) is 0. The Bertz CT molecular complexity index is 724. The number of hydrogen-bond acceptors (Lipinski definition) is 4. The molecule has 0 bridgehead atoms. The van der Waals surface area contributed by atoms with Crippen LogP contribution in [-0.2, 0) is 0 Å². The highest BCUT2D eigenvalue weighted by Crippen LogP contribution is 2.31. The van der Waals surface area contributed by atoms with Crippen molar-refractivity contribution in [3.05, 3.63) is 40.1 Å². The number of fused-ring (bicyclic) bond motifs is 3. The molecule has 16 heavy (non-hydrogen) atoms. The van der Waals surface area contributed by atoms with Crippen LogP contribution in [0.3, 0.4) is 0 Å². The van der Waals surface area contributed by atoms with Gasteiger partial charge in [-0.15, -0.1) is 11.3 Å². The molecule has 3 rings (SSSR count). The minimum absolute atomic E-state index is 0.312. The lowest BCUT2D eigenvalue weighted by Gasteiger charge is -2.03. The normalized spacial score (nSPS) is 11.1. The van der Waals surface area contributed by atoms with Crippen molar-refractivity contribution in [2.24, 2.45) is 0 Å². The van der Waals surface area contributed by atoms with Crippen LogP contribution in [0.15, 0.2) is 38.9 Å². The lowest BCUT2D eigenvalue weighted by molar-refractivity contribution is 0.407. The van der Waals surface area contributed by atoms with E-state index in [0.29, 0.717) is 16.7 Å². The molecule has 1 aromatic carbocycles. The third-order valence-electron chi connectivity index (χ3n) is 2.52. The summed E-state index contributed by atoms with van der Waals surface area (Å²) in [7, 11) is 1.56. The van der Waals surface area contributed by atoms with Crippen molar-refractivity contribution in [3.8, 4) is 5.75 Å². The van der Waals surface area contributed by atoms with Gasteiger partial charge in [0, 0.05) is 5.39 Å². The van der Waals surface area contributed by atoms with Crippen molar-refractivity contribution in [1.29, 1.82) is 0 Å². The Morgan fingerprint density at radius 3 is 2.94 bits per heavy atom. The Balaban J connectivity index is 2.63. The first-order chi connectivity index (χ1) is 7.81. The SMILES string of the molecule is COc1cccc2c1oc(=O)c1ccsc12. The first kappa shape index (κ1) is 9.42. The number of ether oxygens (including phenoxy) is 1. The summed E-state index contributed by atoms with van der Waals surface area (Å²) in [6.45, 7) is 0. The fourth-order valence-corrected chi connectivity index (χ4v) is 2.69. The van der Waals surface area contributed by atoms with Crippen LogP contribution in [0, 0.1) is 0 Å². The first-order valence-electron chi connectivity index (χ1n) is 4.78. The molecule has 80 valence electrons. The molecule has 0 radical (unpaired) electrons. The maximum atomic E-state index is 11.7. The van der Waals surface area contributed by atoms with Gasteiger partial charge in [-0.25, -0.2) is 4.79 Å². The summed E-state index contributed by atoms with van der Waals surface area (Å²) in [5, 5.41) is 3.44. The van der Waals surface area contributed by atoms with Crippen LogP contribution in [0.4, 0.5) is 0 Å². The van der Waals surface area contributed by atoms with Crippen molar-refractivity contribution in [3.63, 3.8) is 0 Å². The highest BCUT2D eigenvalue weighted by atomic mass is 32.1. The second-order valence-corrected chi connectivity index (χ2v) is 4.31. The monoisotopic (exact) mass is 232 g/mol. The van der Waals surface area contributed by atoms with Gasteiger partial charge in [0.1, 0.15) is 0 Å². The predicted octanol–water partition coefficient (Wildman–Crippen LogP) is 3.02. The quantitative estimate of drug-likeness (QED) is 0.605. The van der Waals surface area contributed by atoms with E-state index in [9.17, 15) is 4.79 Å². The van der Waals surface area contributed by atoms with Gasteiger partial charge < -0.3 is 9.15 Å². The summed E-state index contributed by atoms with van der Waals surface area (Å²) in [5.41, 5.74) is 0.207. The molecule has 0 aliphatic heterocycles. The average molecular weight is 232 g/mol. The molecule has 0 spiro atoms. The maximum Gasteiger partial charge on any atom is 0.345 e. The van der Waals surface area contributed by atoms with Crippen molar-refractivity contribution < 1.29 is 9.15 Å². The van der Waals surface area contributed by atoms with Gasteiger partial charge in [0.2, 0.25) is 0 Å². The third kappa shape index (κ3) is 1.17. The Labute approximate surface area is 94.9 Å². The number of para-hydroxylation sites is 1. The lowest BCUT2D eigenvalue weighted by atomic mass is 10.2. The van der Waals surface area contributed by atoms with Gasteiger partial charge in [-0.05, 0) is 23.6 Å². The molecular weight excluding hydrogens is 224 g/mol. The van der Waals surface area contributed by atoms with Gasteiger partial charge in [-0.3, -0.25) is 0 Å². The minimum atomic E-state index is -0.312. The van der Waals surface area contributed by atoms with E-state index < -0.39 is 0 Å². The van der Waals surface area contributed by atoms with Crippen LogP contribution in [0.5, 0.6) is 5.75 Å². The van der Waals surface area contributed by atoms with E-state index in [0.717, 1.165) is 10.1 Å².